The van der Waals surface area contributed by atoms with Crippen LogP contribution in [0.1, 0.15) is 24.0 Å². The van der Waals surface area contributed by atoms with Gasteiger partial charge in [0.1, 0.15) is 0 Å². The zero-order chi connectivity index (χ0) is 27.5. The molecule has 1 saturated heterocycles. The summed E-state index contributed by atoms with van der Waals surface area (Å²) in [6.45, 7) is 2.24. The number of halogens is 2. The number of para-hydroxylation sites is 1. The predicted octanol–water partition coefficient (Wildman–Crippen LogP) is 5.28. The van der Waals surface area contributed by atoms with Gasteiger partial charge in [0.2, 0.25) is 15.9 Å². The second-order valence-electron chi connectivity index (χ2n) is 9.10. The van der Waals surface area contributed by atoms with Crippen molar-refractivity contribution in [2.24, 2.45) is 5.92 Å². The number of nitrogens with zero attached hydrogens (tertiary/aromatic N) is 1. The lowest BCUT2D eigenvalue weighted by molar-refractivity contribution is -0.120. The van der Waals surface area contributed by atoms with Crippen LogP contribution in [0.5, 0.6) is 0 Å². The summed E-state index contributed by atoms with van der Waals surface area (Å²) in [6.07, 6.45) is 0.735. The third kappa shape index (κ3) is 6.86. The van der Waals surface area contributed by atoms with Gasteiger partial charge in [-0.25, -0.2) is 21.1 Å². The molecule has 0 bridgehead atoms. The van der Waals surface area contributed by atoms with Crippen molar-refractivity contribution in [1.29, 1.82) is 0 Å². The van der Waals surface area contributed by atoms with E-state index in [2.05, 4.69) is 10.0 Å². The Kier molecular flexibility index (Phi) is 8.68. The third-order valence-corrected chi connectivity index (χ3v) is 10.2. The molecule has 0 aliphatic carbocycles. The van der Waals surface area contributed by atoms with Gasteiger partial charge in [-0.1, -0.05) is 47.5 Å². The van der Waals surface area contributed by atoms with E-state index in [9.17, 15) is 21.6 Å². The Bertz CT molecular complexity index is 1540. The van der Waals surface area contributed by atoms with Crippen molar-refractivity contribution in [3.8, 4) is 0 Å². The largest absolute Gasteiger partial charge is 0.326 e. The molecule has 12 heteroatoms. The number of rotatable bonds is 8. The van der Waals surface area contributed by atoms with Gasteiger partial charge in [0.15, 0.2) is 0 Å². The highest BCUT2D eigenvalue weighted by molar-refractivity contribution is 7.92. The molecule has 202 valence electrons. The number of carbonyl (C=O) groups excluding carboxylic acids is 1. The SMILES string of the molecule is Cc1ccccc1NS(=O)(=O)c1ccc(NC(=O)C2CCN(S(=O)(=O)Cc3ccc(Cl)cc3Cl)CC2)cc1. The summed E-state index contributed by atoms with van der Waals surface area (Å²) in [6, 6.07) is 17.7. The van der Waals surface area contributed by atoms with Gasteiger partial charge < -0.3 is 5.32 Å². The maximum atomic E-state index is 12.9. The fraction of sp³-hybridized carbons (Fsp3) is 0.269. The molecule has 0 spiro atoms. The van der Waals surface area contributed by atoms with E-state index in [0.29, 0.717) is 39.8 Å². The Hall–Kier alpha value is -2.63. The molecule has 0 radical (unpaired) electrons. The highest BCUT2D eigenvalue weighted by Crippen LogP contribution is 2.27. The molecule has 2 N–H and O–H groups in total. The van der Waals surface area contributed by atoms with Crippen molar-refractivity contribution in [2.45, 2.75) is 30.4 Å². The van der Waals surface area contributed by atoms with Gasteiger partial charge in [-0.15, -0.1) is 0 Å². The quantitative estimate of drug-likeness (QED) is 0.367. The number of hydrogen-bond acceptors (Lipinski definition) is 5. The standard InChI is InChI=1S/C26H27Cl2N3O5S2/c1-18-4-2-3-5-25(18)30-38(35,36)23-10-8-22(9-11-23)29-26(32)19-12-14-31(15-13-19)37(33,34)17-20-6-7-21(27)16-24(20)28/h2-11,16,19,30H,12-15,17H2,1H3,(H,29,32). The van der Waals surface area contributed by atoms with Gasteiger partial charge >= 0.3 is 0 Å². The Labute approximate surface area is 233 Å². The van der Waals surface area contributed by atoms with Crippen LogP contribution in [-0.4, -0.2) is 40.1 Å². The molecular formula is C26H27Cl2N3O5S2. The first kappa shape index (κ1) is 28.4. The van der Waals surface area contributed by atoms with Gasteiger partial charge in [-0.05, 0) is 73.4 Å². The van der Waals surface area contributed by atoms with E-state index in [-0.39, 0.29) is 35.6 Å². The van der Waals surface area contributed by atoms with E-state index in [4.69, 9.17) is 23.2 Å². The summed E-state index contributed by atoms with van der Waals surface area (Å²) >= 11 is 12.0. The highest BCUT2D eigenvalue weighted by atomic mass is 35.5. The van der Waals surface area contributed by atoms with Gasteiger partial charge in [-0.2, -0.15) is 0 Å². The minimum absolute atomic E-state index is 0.0676. The fourth-order valence-corrected chi connectivity index (χ4v) is 7.46. The zero-order valence-corrected chi connectivity index (χ0v) is 23.7. The fourth-order valence-electron chi connectivity index (χ4n) is 4.18. The topological polar surface area (TPSA) is 113 Å². The summed E-state index contributed by atoms with van der Waals surface area (Å²) in [5.74, 6) is -0.850. The van der Waals surface area contributed by atoms with Gasteiger partial charge in [0.25, 0.3) is 10.0 Å². The number of nitrogens with one attached hydrogen (secondary N) is 2. The van der Waals surface area contributed by atoms with Crippen LogP contribution in [-0.2, 0) is 30.6 Å². The number of anilines is 2. The molecular weight excluding hydrogens is 569 g/mol. The van der Waals surface area contributed by atoms with E-state index < -0.39 is 20.0 Å². The molecule has 0 saturated carbocycles. The van der Waals surface area contributed by atoms with Crippen molar-refractivity contribution >= 4 is 60.5 Å². The highest BCUT2D eigenvalue weighted by Gasteiger charge is 2.31. The summed E-state index contributed by atoms with van der Waals surface area (Å²) in [7, 11) is -7.40. The lowest BCUT2D eigenvalue weighted by Crippen LogP contribution is -2.41. The molecule has 1 aliphatic rings. The summed E-state index contributed by atoms with van der Waals surface area (Å²) in [5.41, 5.74) is 2.22. The van der Waals surface area contributed by atoms with Crippen LogP contribution in [0.25, 0.3) is 0 Å². The minimum Gasteiger partial charge on any atom is -0.326 e. The Balaban J connectivity index is 1.32. The maximum Gasteiger partial charge on any atom is 0.261 e. The number of piperidine rings is 1. The van der Waals surface area contributed by atoms with Crippen LogP contribution < -0.4 is 10.0 Å². The first-order chi connectivity index (χ1) is 17.9. The van der Waals surface area contributed by atoms with Gasteiger partial charge in [-0.3, -0.25) is 9.52 Å². The Morgan fingerprint density at radius 1 is 0.947 bits per heavy atom. The predicted molar refractivity (Wildman–Crippen MR) is 150 cm³/mol. The Morgan fingerprint density at radius 2 is 1.61 bits per heavy atom. The van der Waals surface area contributed by atoms with E-state index in [1.165, 1.54) is 34.6 Å². The number of aryl methyl sites for hydroxylation is 1. The molecule has 1 heterocycles. The average molecular weight is 597 g/mol. The van der Waals surface area contributed by atoms with Crippen LogP contribution in [0.2, 0.25) is 10.0 Å². The minimum atomic E-state index is -3.79. The molecule has 0 atom stereocenters. The first-order valence-electron chi connectivity index (χ1n) is 11.9. The summed E-state index contributed by atoms with van der Waals surface area (Å²) in [5, 5.41) is 3.52. The van der Waals surface area contributed by atoms with Gasteiger partial charge in [0, 0.05) is 34.7 Å². The van der Waals surface area contributed by atoms with Crippen molar-refractivity contribution in [2.75, 3.05) is 23.1 Å². The number of amides is 1. The molecule has 0 unspecified atom stereocenters. The number of benzene rings is 3. The lowest BCUT2D eigenvalue weighted by atomic mass is 9.97. The summed E-state index contributed by atoms with van der Waals surface area (Å²) < 4.78 is 55.2. The maximum absolute atomic E-state index is 12.9. The molecule has 3 aromatic carbocycles. The normalized spacial score (nSPS) is 15.2. The molecule has 1 amide bonds. The van der Waals surface area contributed by atoms with Gasteiger partial charge in [0.05, 0.1) is 16.3 Å². The molecule has 8 nitrogen and oxygen atoms in total. The summed E-state index contributed by atoms with van der Waals surface area (Å²) in [4.78, 5) is 12.9. The van der Waals surface area contributed by atoms with Crippen LogP contribution in [0, 0.1) is 12.8 Å². The number of hydrogen-bond donors (Lipinski definition) is 2. The van der Waals surface area contributed by atoms with Crippen molar-refractivity contribution in [3.63, 3.8) is 0 Å². The second kappa shape index (κ2) is 11.6. The molecule has 0 aromatic heterocycles. The number of carbonyl (C=O) groups is 1. The second-order valence-corrected chi connectivity index (χ2v) is 13.6. The van der Waals surface area contributed by atoms with E-state index in [1.54, 1.807) is 24.3 Å². The van der Waals surface area contributed by atoms with E-state index >= 15 is 0 Å². The van der Waals surface area contributed by atoms with E-state index in [0.717, 1.165) is 5.56 Å². The average Bonchev–Trinajstić information content (AvgIpc) is 2.87. The van der Waals surface area contributed by atoms with Crippen molar-refractivity contribution in [3.05, 3.63) is 87.9 Å². The molecule has 3 aromatic rings. The number of sulfonamides is 2. The van der Waals surface area contributed by atoms with Crippen LogP contribution in [0.4, 0.5) is 11.4 Å². The van der Waals surface area contributed by atoms with Crippen molar-refractivity contribution in [1.82, 2.24) is 4.31 Å². The molecule has 4 rings (SSSR count). The zero-order valence-electron chi connectivity index (χ0n) is 20.5. The Morgan fingerprint density at radius 3 is 2.24 bits per heavy atom. The molecule has 1 fully saturated rings. The van der Waals surface area contributed by atoms with Crippen LogP contribution in [0.15, 0.2) is 71.6 Å². The van der Waals surface area contributed by atoms with Crippen LogP contribution >= 0.6 is 23.2 Å². The molecule has 1 aliphatic heterocycles. The first-order valence-corrected chi connectivity index (χ1v) is 15.7. The molecule has 38 heavy (non-hydrogen) atoms. The van der Waals surface area contributed by atoms with Crippen molar-refractivity contribution < 1.29 is 21.6 Å². The lowest BCUT2D eigenvalue weighted by Gasteiger charge is -2.30. The van der Waals surface area contributed by atoms with Crippen LogP contribution in [0.3, 0.4) is 0 Å². The monoisotopic (exact) mass is 595 g/mol. The van der Waals surface area contributed by atoms with E-state index in [1.807, 2.05) is 19.1 Å². The smallest absolute Gasteiger partial charge is 0.261 e. The third-order valence-electron chi connectivity index (χ3n) is 6.39.